The average molecular weight is 345 g/mol. The molecular weight excluding hydrogens is 324 g/mol. The molecule has 23 heavy (non-hydrogen) atoms. The quantitative estimate of drug-likeness (QED) is 0.765. The van der Waals surface area contributed by atoms with E-state index in [-0.39, 0.29) is 23.6 Å². The summed E-state index contributed by atoms with van der Waals surface area (Å²) in [5.41, 5.74) is -0.661. The Bertz CT molecular complexity index is 541. The van der Waals surface area contributed by atoms with E-state index in [2.05, 4.69) is 4.74 Å². The lowest BCUT2D eigenvalue weighted by Crippen LogP contribution is -2.40. The molecule has 2 N–H and O–H groups in total. The lowest BCUT2D eigenvalue weighted by atomic mass is 9.88. The number of halogens is 1. The Morgan fingerprint density at radius 3 is 2.74 bits per heavy atom. The molecule has 0 bridgehead atoms. The molecule has 1 aliphatic heterocycles. The SMILES string of the molecule is COC(=O)c1ccc(OCC(O)CC2(O)CCOCC2)cc1Cl. The fraction of sp³-hybridized carbons (Fsp3) is 0.562. The molecule has 1 unspecified atom stereocenters. The second kappa shape index (κ2) is 7.97. The van der Waals surface area contributed by atoms with Gasteiger partial charge in [-0.25, -0.2) is 4.79 Å². The van der Waals surface area contributed by atoms with Crippen molar-refractivity contribution in [2.75, 3.05) is 26.9 Å². The predicted octanol–water partition coefficient (Wildman–Crippen LogP) is 1.80. The normalized spacial score (nSPS) is 18.3. The number of hydrogen-bond acceptors (Lipinski definition) is 6. The average Bonchev–Trinajstić information content (AvgIpc) is 2.52. The number of carbonyl (C=O) groups excluding carboxylic acids is 1. The van der Waals surface area contributed by atoms with Crippen molar-refractivity contribution in [2.24, 2.45) is 0 Å². The summed E-state index contributed by atoms with van der Waals surface area (Å²) in [6, 6.07) is 4.57. The third-order valence-corrected chi connectivity index (χ3v) is 4.14. The number of rotatable bonds is 6. The highest BCUT2D eigenvalue weighted by Gasteiger charge is 2.32. The first-order valence-corrected chi connectivity index (χ1v) is 7.80. The van der Waals surface area contributed by atoms with Gasteiger partial charge in [0.05, 0.1) is 29.4 Å². The largest absolute Gasteiger partial charge is 0.491 e. The van der Waals surface area contributed by atoms with Gasteiger partial charge in [0.15, 0.2) is 0 Å². The number of benzene rings is 1. The zero-order valence-corrected chi connectivity index (χ0v) is 13.7. The Kier molecular flexibility index (Phi) is 6.24. The van der Waals surface area contributed by atoms with Gasteiger partial charge in [0.25, 0.3) is 0 Å². The molecule has 7 heteroatoms. The summed E-state index contributed by atoms with van der Waals surface area (Å²) in [6.07, 6.45) is 0.426. The van der Waals surface area contributed by atoms with E-state index in [4.69, 9.17) is 21.1 Å². The van der Waals surface area contributed by atoms with Crippen molar-refractivity contribution < 1.29 is 29.2 Å². The second-order valence-electron chi connectivity index (χ2n) is 5.64. The van der Waals surface area contributed by atoms with Crippen molar-refractivity contribution in [3.63, 3.8) is 0 Å². The van der Waals surface area contributed by atoms with E-state index in [0.717, 1.165) is 0 Å². The Balaban J connectivity index is 1.87. The third-order valence-electron chi connectivity index (χ3n) is 3.83. The highest BCUT2D eigenvalue weighted by molar-refractivity contribution is 6.33. The van der Waals surface area contributed by atoms with Crippen LogP contribution in [0.5, 0.6) is 5.75 Å². The van der Waals surface area contributed by atoms with Gasteiger partial charge in [-0.1, -0.05) is 11.6 Å². The van der Waals surface area contributed by atoms with Gasteiger partial charge in [-0.15, -0.1) is 0 Å². The highest BCUT2D eigenvalue weighted by atomic mass is 35.5. The summed E-state index contributed by atoms with van der Waals surface area (Å²) in [7, 11) is 1.28. The van der Waals surface area contributed by atoms with Crippen LogP contribution < -0.4 is 4.74 Å². The Labute approximate surface area is 139 Å². The van der Waals surface area contributed by atoms with E-state index in [1.54, 1.807) is 6.07 Å². The minimum atomic E-state index is -0.909. The third kappa shape index (κ3) is 5.07. The van der Waals surface area contributed by atoms with Gasteiger partial charge < -0.3 is 24.4 Å². The maximum absolute atomic E-state index is 11.4. The number of hydrogen-bond donors (Lipinski definition) is 2. The molecule has 6 nitrogen and oxygen atoms in total. The van der Waals surface area contributed by atoms with E-state index >= 15 is 0 Å². The van der Waals surface area contributed by atoms with E-state index in [1.807, 2.05) is 0 Å². The molecular formula is C16H21ClO6. The first-order chi connectivity index (χ1) is 10.9. The van der Waals surface area contributed by atoms with Crippen LogP contribution in [0.25, 0.3) is 0 Å². The van der Waals surface area contributed by atoms with Gasteiger partial charge in [-0.05, 0) is 31.0 Å². The lowest BCUT2D eigenvalue weighted by Gasteiger charge is -2.33. The molecule has 1 saturated heterocycles. The lowest BCUT2D eigenvalue weighted by molar-refractivity contribution is -0.0906. The van der Waals surface area contributed by atoms with Gasteiger partial charge >= 0.3 is 5.97 Å². The Morgan fingerprint density at radius 2 is 2.13 bits per heavy atom. The summed E-state index contributed by atoms with van der Waals surface area (Å²) in [5.74, 6) is -0.0935. The van der Waals surface area contributed by atoms with Crippen molar-refractivity contribution in [1.82, 2.24) is 0 Å². The van der Waals surface area contributed by atoms with Gasteiger partial charge in [-0.2, -0.15) is 0 Å². The molecule has 1 aliphatic rings. The maximum atomic E-state index is 11.4. The smallest absolute Gasteiger partial charge is 0.339 e. The number of carbonyl (C=O) groups is 1. The topological polar surface area (TPSA) is 85.2 Å². The molecule has 128 valence electrons. The molecule has 1 aromatic carbocycles. The minimum Gasteiger partial charge on any atom is -0.491 e. The molecule has 0 aliphatic carbocycles. The zero-order valence-electron chi connectivity index (χ0n) is 13.0. The van der Waals surface area contributed by atoms with E-state index in [9.17, 15) is 15.0 Å². The molecule has 1 aromatic rings. The first kappa shape index (κ1) is 18.0. The summed E-state index contributed by atoms with van der Waals surface area (Å²) in [5, 5.41) is 20.6. The van der Waals surface area contributed by atoms with Crippen LogP contribution in [0.3, 0.4) is 0 Å². The van der Waals surface area contributed by atoms with Crippen LogP contribution in [0.15, 0.2) is 18.2 Å². The summed E-state index contributed by atoms with van der Waals surface area (Å²) >= 11 is 6.00. The van der Waals surface area contributed by atoms with E-state index < -0.39 is 17.7 Å². The van der Waals surface area contributed by atoms with E-state index in [0.29, 0.717) is 31.8 Å². The minimum absolute atomic E-state index is 0.0249. The van der Waals surface area contributed by atoms with Gasteiger partial charge in [-0.3, -0.25) is 0 Å². The summed E-state index contributed by atoms with van der Waals surface area (Å²) in [6.45, 7) is 1.01. The number of aliphatic hydroxyl groups excluding tert-OH is 1. The summed E-state index contributed by atoms with van der Waals surface area (Å²) in [4.78, 5) is 11.4. The number of esters is 1. The van der Waals surface area contributed by atoms with E-state index in [1.165, 1.54) is 19.2 Å². The summed E-state index contributed by atoms with van der Waals surface area (Å²) < 4.78 is 15.3. The molecule has 0 saturated carbocycles. The fourth-order valence-electron chi connectivity index (χ4n) is 2.51. The molecule has 1 atom stereocenters. The van der Waals surface area contributed by atoms with Crippen molar-refractivity contribution in [3.05, 3.63) is 28.8 Å². The van der Waals surface area contributed by atoms with Crippen molar-refractivity contribution in [1.29, 1.82) is 0 Å². The number of methoxy groups -OCH3 is 1. The second-order valence-corrected chi connectivity index (χ2v) is 6.05. The molecule has 0 amide bonds. The van der Waals surface area contributed by atoms with Crippen LogP contribution >= 0.6 is 11.6 Å². The van der Waals surface area contributed by atoms with Crippen LogP contribution in [0.1, 0.15) is 29.6 Å². The molecule has 0 aromatic heterocycles. The highest BCUT2D eigenvalue weighted by Crippen LogP contribution is 2.27. The molecule has 2 rings (SSSR count). The van der Waals surface area contributed by atoms with Crippen LogP contribution in [0.2, 0.25) is 5.02 Å². The van der Waals surface area contributed by atoms with Crippen LogP contribution in [-0.4, -0.2) is 54.8 Å². The maximum Gasteiger partial charge on any atom is 0.339 e. The van der Waals surface area contributed by atoms with Crippen LogP contribution in [-0.2, 0) is 9.47 Å². The fourth-order valence-corrected chi connectivity index (χ4v) is 2.75. The molecule has 1 fully saturated rings. The zero-order chi connectivity index (χ0) is 16.9. The first-order valence-electron chi connectivity index (χ1n) is 7.42. The van der Waals surface area contributed by atoms with Crippen molar-refractivity contribution >= 4 is 17.6 Å². The Hall–Kier alpha value is -1.34. The Morgan fingerprint density at radius 1 is 1.43 bits per heavy atom. The molecule has 0 spiro atoms. The molecule has 0 radical (unpaired) electrons. The van der Waals surface area contributed by atoms with Gasteiger partial charge in [0.2, 0.25) is 0 Å². The number of ether oxygens (including phenoxy) is 3. The van der Waals surface area contributed by atoms with Crippen LogP contribution in [0, 0.1) is 0 Å². The van der Waals surface area contributed by atoms with Crippen molar-refractivity contribution in [2.45, 2.75) is 31.0 Å². The van der Waals surface area contributed by atoms with Crippen molar-refractivity contribution in [3.8, 4) is 5.75 Å². The molecule has 1 heterocycles. The van der Waals surface area contributed by atoms with Gasteiger partial charge in [0.1, 0.15) is 12.4 Å². The van der Waals surface area contributed by atoms with Crippen LogP contribution in [0.4, 0.5) is 0 Å². The standard InChI is InChI=1S/C16H21ClO6/c1-21-15(19)13-3-2-12(8-14(13)17)23-10-11(18)9-16(20)4-6-22-7-5-16/h2-3,8,11,18,20H,4-7,9-10H2,1H3. The monoisotopic (exact) mass is 344 g/mol. The number of aliphatic hydroxyl groups is 2. The predicted molar refractivity (Wildman–Crippen MR) is 83.9 cm³/mol. The van der Waals surface area contributed by atoms with Gasteiger partial charge in [0, 0.05) is 19.6 Å².